The first-order chi connectivity index (χ1) is 10.3. The molecule has 0 amide bonds. The lowest BCUT2D eigenvalue weighted by Crippen LogP contribution is -1.96. The number of benzene rings is 3. The van der Waals surface area contributed by atoms with E-state index in [4.69, 9.17) is 15.2 Å². The van der Waals surface area contributed by atoms with Gasteiger partial charge in [0.1, 0.15) is 0 Å². The number of fused-ring (bicyclic) bond motifs is 1. The van der Waals surface area contributed by atoms with Crippen LogP contribution in [0.4, 0.5) is 5.69 Å². The van der Waals surface area contributed by atoms with E-state index >= 15 is 0 Å². The monoisotopic (exact) mass is 279 g/mol. The van der Waals surface area contributed by atoms with Crippen molar-refractivity contribution in [3.63, 3.8) is 0 Å². The molecule has 0 radical (unpaired) electrons. The smallest absolute Gasteiger partial charge is 0.169 e. The molecule has 106 valence electrons. The Bertz CT molecular complexity index is 782. The molecule has 0 spiro atoms. The van der Waals surface area contributed by atoms with E-state index in [-0.39, 0.29) is 0 Å². The summed E-state index contributed by atoms with van der Waals surface area (Å²) in [6, 6.07) is 17.9. The van der Waals surface area contributed by atoms with E-state index in [1.165, 1.54) is 0 Å². The highest BCUT2D eigenvalue weighted by molar-refractivity contribution is 6.06. The molecular weight excluding hydrogens is 262 g/mol. The predicted octanol–water partition coefficient (Wildman–Crippen LogP) is 4.11. The molecule has 3 aromatic carbocycles. The Kier molecular flexibility index (Phi) is 3.40. The number of methoxy groups -OCH3 is 2. The summed E-state index contributed by atoms with van der Waals surface area (Å²) in [6.45, 7) is 0. The molecule has 0 heterocycles. The normalized spacial score (nSPS) is 10.6. The quantitative estimate of drug-likeness (QED) is 0.734. The fourth-order valence-electron chi connectivity index (χ4n) is 2.65. The zero-order chi connectivity index (χ0) is 14.8. The first-order valence-corrected chi connectivity index (χ1v) is 6.75. The Morgan fingerprint density at radius 1 is 0.810 bits per heavy atom. The number of ether oxygens (including phenoxy) is 2. The Morgan fingerprint density at radius 2 is 1.57 bits per heavy atom. The second kappa shape index (κ2) is 5.37. The van der Waals surface area contributed by atoms with Gasteiger partial charge in [-0.05, 0) is 23.1 Å². The van der Waals surface area contributed by atoms with Crippen LogP contribution in [0.3, 0.4) is 0 Å². The average molecular weight is 279 g/mol. The fraction of sp³-hybridized carbons (Fsp3) is 0.111. The van der Waals surface area contributed by atoms with Crippen LogP contribution in [0.5, 0.6) is 11.5 Å². The number of nitrogens with two attached hydrogens (primary N) is 1. The van der Waals surface area contributed by atoms with Gasteiger partial charge >= 0.3 is 0 Å². The molecule has 0 saturated carbocycles. The van der Waals surface area contributed by atoms with Gasteiger partial charge in [0.25, 0.3) is 0 Å². The van der Waals surface area contributed by atoms with Crippen LogP contribution < -0.4 is 15.2 Å². The van der Waals surface area contributed by atoms with E-state index < -0.39 is 0 Å². The standard InChI is InChI=1S/C18H17NO2/c1-20-16-11-14-13(9-6-10-15(14)19)17(18(16)21-2)12-7-4-3-5-8-12/h3-11H,19H2,1-2H3. The van der Waals surface area contributed by atoms with Crippen LogP contribution in [-0.4, -0.2) is 14.2 Å². The summed E-state index contributed by atoms with van der Waals surface area (Å²) >= 11 is 0. The predicted molar refractivity (Wildman–Crippen MR) is 86.9 cm³/mol. The van der Waals surface area contributed by atoms with Crippen LogP contribution in [0.25, 0.3) is 21.9 Å². The minimum Gasteiger partial charge on any atom is -0.493 e. The highest BCUT2D eigenvalue weighted by Crippen LogP contribution is 2.44. The molecule has 0 aliphatic heterocycles. The first kappa shape index (κ1) is 13.3. The van der Waals surface area contributed by atoms with Gasteiger partial charge in [-0.15, -0.1) is 0 Å². The number of hydrogen-bond donors (Lipinski definition) is 1. The number of nitrogen functional groups attached to an aromatic ring is 1. The summed E-state index contributed by atoms with van der Waals surface area (Å²) in [7, 11) is 3.29. The van der Waals surface area contributed by atoms with E-state index in [2.05, 4.69) is 18.2 Å². The lowest BCUT2D eigenvalue weighted by molar-refractivity contribution is 0.357. The van der Waals surface area contributed by atoms with Crippen molar-refractivity contribution in [2.45, 2.75) is 0 Å². The largest absolute Gasteiger partial charge is 0.493 e. The molecule has 0 bridgehead atoms. The summed E-state index contributed by atoms with van der Waals surface area (Å²) < 4.78 is 11.1. The molecular formula is C18H17NO2. The molecule has 0 aliphatic carbocycles. The van der Waals surface area contributed by atoms with Gasteiger partial charge in [-0.1, -0.05) is 42.5 Å². The third-order valence-electron chi connectivity index (χ3n) is 3.62. The SMILES string of the molecule is COc1cc2c(N)cccc2c(-c2ccccc2)c1OC. The number of anilines is 1. The van der Waals surface area contributed by atoms with Crippen LogP contribution in [-0.2, 0) is 0 Å². The maximum atomic E-state index is 6.12. The fourth-order valence-corrected chi connectivity index (χ4v) is 2.65. The highest BCUT2D eigenvalue weighted by atomic mass is 16.5. The molecule has 21 heavy (non-hydrogen) atoms. The maximum absolute atomic E-state index is 6.12. The van der Waals surface area contributed by atoms with Crippen molar-refractivity contribution in [3.8, 4) is 22.6 Å². The third kappa shape index (κ3) is 2.17. The van der Waals surface area contributed by atoms with Crippen LogP contribution in [0.15, 0.2) is 54.6 Å². The van der Waals surface area contributed by atoms with Crippen LogP contribution in [0, 0.1) is 0 Å². The topological polar surface area (TPSA) is 44.5 Å². The molecule has 3 rings (SSSR count). The molecule has 3 nitrogen and oxygen atoms in total. The lowest BCUT2D eigenvalue weighted by Gasteiger charge is -2.17. The van der Waals surface area contributed by atoms with Gasteiger partial charge in [-0.2, -0.15) is 0 Å². The highest BCUT2D eigenvalue weighted by Gasteiger charge is 2.17. The minimum absolute atomic E-state index is 0.682. The zero-order valence-electron chi connectivity index (χ0n) is 12.1. The molecule has 3 heteroatoms. The minimum atomic E-state index is 0.682. The van der Waals surface area contributed by atoms with Crippen molar-refractivity contribution < 1.29 is 9.47 Å². The van der Waals surface area contributed by atoms with Crippen molar-refractivity contribution in [3.05, 3.63) is 54.6 Å². The summed E-state index contributed by atoms with van der Waals surface area (Å²) in [6.07, 6.45) is 0. The van der Waals surface area contributed by atoms with E-state index in [0.717, 1.165) is 33.3 Å². The van der Waals surface area contributed by atoms with Crippen LogP contribution in [0.2, 0.25) is 0 Å². The molecule has 3 aromatic rings. The molecule has 0 saturated heterocycles. The van der Waals surface area contributed by atoms with E-state index in [1.807, 2.05) is 36.4 Å². The maximum Gasteiger partial charge on any atom is 0.169 e. The van der Waals surface area contributed by atoms with E-state index in [9.17, 15) is 0 Å². The van der Waals surface area contributed by atoms with Crippen molar-refractivity contribution in [1.29, 1.82) is 0 Å². The van der Waals surface area contributed by atoms with E-state index in [0.29, 0.717) is 5.75 Å². The van der Waals surface area contributed by atoms with Crippen molar-refractivity contribution in [2.24, 2.45) is 0 Å². The van der Waals surface area contributed by atoms with Crippen LogP contribution >= 0.6 is 0 Å². The average Bonchev–Trinajstić information content (AvgIpc) is 2.54. The number of hydrogen-bond acceptors (Lipinski definition) is 3. The Labute approximate surface area is 123 Å². The molecule has 0 fully saturated rings. The Morgan fingerprint density at radius 3 is 2.24 bits per heavy atom. The van der Waals surface area contributed by atoms with Gasteiger partial charge in [0.05, 0.1) is 14.2 Å². The van der Waals surface area contributed by atoms with Gasteiger partial charge in [0.2, 0.25) is 0 Å². The first-order valence-electron chi connectivity index (χ1n) is 6.75. The zero-order valence-corrected chi connectivity index (χ0v) is 12.1. The van der Waals surface area contributed by atoms with Crippen LogP contribution in [0.1, 0.15) is 0 Å². The summed E-state index contributed by atoms with van der Waals surface area (Å²) in [5.74, 6) is 1.41. The second-order valence-corrected chi connectivity index (χ2v) is 4.80. The second-order valence-electron chi connectivity index (χ2n) is 4.80. The van der Waals surface area contributed by atoms with Crippen molar-refractivity contribution >= 4 is 16.5 Å². The van der Waals surface area contributed by atoms with Gasteiger partial charge < -0.3 is 15.2 Å². The van der Waals surface area contributed by atoms with E-state index in [1.54, 1.807) is 14.2 Å². The van der Waals surface area contributed by atoms with Gasteiger partial charge in [-0.3, -0.25) is 0 Å². The molecule has 0 aliphatic rings. The third-order valence-corrected chi connectivity index (χ3v) is 3.62. The Balaban J connectivity index is 2.47. The summed E-state index contributed by atoms with van der Waals surface area (Å²) in [5, 5.41) is 2.02. The van der Waals surface area contributed by atoms with Gasteiger partial charge in [0, 0.05) is 16.6 Å². The summed E-state index contributed by atoms with van der Waals surface area (Å²) in [4.78, 5) is 0. The molecule has 0 aromatic heterocycles. The van der Waals surface area contributed by atoms with Crippen molar-refractivity contribution in [1.82, 2.24) is 0 Å². The summed E-state index contributed by atoms with van der Waals surface area (Å²) in [5.41, 5.74) is 8.92. The lowest BCUT2D eigenvalue weighted by atomic mass is 9.96. The number of rotatable bonds is 3. The molecule has 2 N–H and O–H groups in total. The molecule has 0 atom stereocenters. The molecule has 0 unspecified atom stereocenters. The van der Waals surface area contributed by atoms with Gasteiger partial charge in [-0.25, -0.2) is 0 Å². The van der Waals surface area contributed by atoms with Crippen molar-refractivity contribution in [2.75, 3.05) is 20.0 Å². The Hall–Kier alpha value is -2.68. The van der Waals surface area contributed by atoms with Gasteiger partial charge in [0.15, 0.2) is 11.5 Å².